The molecule has 7 nitrogen and oxygen atoms in total. The number of hydrogen-bond donors (Lipinski definition) is 1. The summed E-state index contributed by atoms with van der Waals surface area (Å²) in [4.78, 5) is 23.6. The largest absolute Gasteiger partial charge is 0.378 e. The second-order valence-corrected chi connectivity index (χ2v) is 7.92. The number of aryl methyl sites for hydroxylation is 1. The highest BCUT2D eigenvalue weighted by molar-refractivity contribution is 7.80. The maximum absolute atomic E-state index is 12.8. The van der Waals surface area contributed by atoms with Crippen LogP contribution in [0.3, 0.4) is 0 Å². The average molecular weight is 426 g/mol. The molecule has 0 radical (unpaired) electrons. The highest BCUT2D eigenvalue weighted by atomic mass is 32.1. The summed E-state index contributed by atoms with van der Waals surface area (Å²) in [7, 11) is 0. The normalized spacial score (nSPS) is 17.0. The number of amides is 1. The van der Waals surface area contributed by atoms with E-state index in [2.05, 4.69) is 20.1 Å². The van der Waals surface area contributed by atoms with Crippen LogP contribution in [0.25, 0.3) is 0 Å². The zero-order valence-electron chi connectivity index (χ0n) is 17.2. The predicted molar refractivity (Wildman–Crippen MR) is 122 cm³/mol. The van der Waals surface area contributed by atoms with Crippen molar-refractivity contribution in [1.29, 1.82) is 0 Å². The van der Waals surface area contributed by atoms with Crippen LogP contribution in [0, 0.1) is 6.92 Å². The molecule has 3 heterocycles. The lowest BCUT2D eigenvalue weighted by Gasteiger charge is -2.36. The summed E-state index contributed by atoms with van der Waals surface area (Å²) in [5, 5.41) is 3.94. The van der Waals surface area contributed by atoms with Crippen molar-refractivity contribution in [3.8, 4) is 0 Å². The van der Waals surface area contributed by atoms with Crippen LogP contribution in [-0.4, -0.2) is 78.3 Å². The minimum atomic E-state index is 0.0922. The van der Waals surface area contributed by atoms with Crippen LogP contribution >= 0.6 is 12.2 Å². The topological polar surface area (TPSA) is 60.9 Å². The van der Waals surface area contributed by atoms with E-state index in [-0.39, 0.29) is 5.91 Å². The molecule has 0 saturated carbocycles. The summed E-state index contributed by atoms with van der Waals surface area (Å²) >= 11 is 5.59. The van der Waals surface area contributed by atoms with Crippen LogP contribution < -0.4 is 10.2 Å². The molecule has 1 N–H and O–H groups in total. The van der Waals surface area contributed by atoms with E-state index < -0.39 is 0 Å². The van der Waals surface area contributed by atoms with Crippen LogP contribution in [0.2, 0.25) is 0 Å². The van der Waals surface area contributed by atoms with E-state index in [0.29, 0.717) is 31.3 Å². The smallest absolute Gasteiger partial charge is 0.254 e. The van der Waals surface area contributed by atoms with Crippen molar-refractivity contribution in [3.63, 3.8) is 0 Å². The van der Waals surface area contributed by atoms with Crippen LogP contribution in [0.1, 0.15) is 15.9 Å². The van der Waals surface area contributed by atoms with Gasteiger partial charge in [0.15, 0.2) is 5.11 Å². The van der Waals surface area contributed by atoms with Gasteiger partial charge in [-0.15, -0.1) is 0 Å². The van der Waals surface area contributed by atoms with E-state index in [1.807, 2.05) is 54.4 Å². The average Bonchev–Trinajstić information content (AvgIpc) is 2.80. The number of carbonyl (C=O) groups is 1. The van der Waals surface area contributed by atoms with Gasteiger partial charge < -0.3 is 24.8 Å². The number of thiocarbonyl (C=S) groups is 1. The molecule has 2 saturated heterocycles. The van der Waals surface area contributed by atoms with Gasteiger partial charge in [0.2, 0.25) is 0 Å². The summed E-state index contributed by atoms with van der Waals surface area (Å²) in [6.07, 6.45) is 1.81. The van der Waals surface area contributed by atoms with Crippen LogP contribution in [-0.2, 0) is 4.74 Å². The van der Waals surface area contributed by atoms with Gasteiger partial charge in [-0.2, -0.15) is 0 Å². The van der Waals surface area contributed by atoms with Crippen LogP contribution in [0.4, 0.5) is 11.5 Å². The molecule has 158 valence electrons. The zero-order chi connectivity index (χ0) is 20.9. The number of benzene rings is 1. The molecule has 1 aromatic carbocycles. The van der Waals surface area contributed by atoms with Gasteiger partial charge in [-0.3, -0.25) is 4.79 Å². The Balaban J connectivity index is 1.29. The second-order valence-electron chi connectivity index (χ2n) is 7.53. The number of carbonyl (C=O) groups excluding carboxylic acids is 1. The van der Waals surface area contributed by atoms with E-state index in [0.717, 1.165) is 48.9 Å². The van der Waals surface area contributed by atoms with Gasteiger partial charge in [0, 0.05) is 44.8 Å². The van der Waals surface area contributed by atoms with Crippen molar-refractivity contribution in [2.24, 2.45) is 0 Å². The maximum Gasteiger partial charge on any atom is 0.254 e. The van der Waals surface area contributed by atoms with Crippen molar-refractivity contribution in [2.75, 3.05) is 62.7 Å². The fourth-order valence-corrected chi connectivity index (χ4v) is 4.04. The van der Waals surface area contributed by atoms with Gasteiger partial charge in [0.05, 0.1) is 25.1 Å². The fourth-order valence-electron chi connectivity index (χ4n) is 3.74. The van der Waals surface area contributed by atoms with Gasteiger partial charge in [-0.05, 0) is 42.9 Å². The number of morpholine rings is 1. The molecule has 1 amide bonds. The number of piperazine rings is 1. The van der Waals surface area contributed by atoms with E-state index in [1.165, 1.54) is 0 Å². The summed E-state index contributed by atoms with van der Waals surface area (Å²) in [6, 6.07) is 11.7. The molecule has 8 heteroatoms. The minimum Gasteiger partial charge on any atom is -0.378 e. The number of rotatable bonds is 3. The number of anilines is 2. The first kappa shape index (κ1) is 20.6. The molecular weight excluding hydrogens is 398 g/mol. The number of hydrogen-bond acceptors (Lipinski definition) is 5. The lowest BCUT2D eigenvalue weighted by Crippen LogP contribution is -2.51. The van der Waals surface area contributed by atoms with E-state index in [1.54, 1.807) is 0 Å². The molecule has 0 bridgehead atoms. The zero-order valence-corrected chi connectivity index (χ0v) is 18.0. The molecule has 1 aromatic heterocycles. The van der Waals surface area contributed by atoms with Crippen LogP contribution in [0.15, 0.2) is 42.6 Å². The highest BCUT2D eigenvalue weighted by Gasteiger charge is 2.24. The monoisotopic (exact) mass is 425 g/mol. The molecule has 0 unspecified atom stereocenters. The van der Waals surface area contributed by atoms with Crippen molar-refractivity contribution in [3.05, 3.63) is 53.7 Å². The number of ether oxygens (including phenoxy) is 1. The number of nitrogens with one attached hydrogen (secondary N) is 1. The molecule has 2 aliphatic rings. The maximum atomic E-state index is 12.8. The van der Waals surface area contributed by atoms with E-state index >= 15 is 0 Å². The van der Waals surface area contributed by atoms with Gasteiger partial charge in [-0.25, -0.2) is 4.98 Å². The Morgan fingerprint density at radius 3 is 2.37 bits per heavy atom. The van der Waals surface area contributed by atoms with Gasteiger partial charge in [-0.1, -0.05) is 18.2 Å². The van der Waals surface area contributed by atoms with Crippen molar-refractivity contribution in [2.45, 2.75) is 6.92 Å². The quantitative estimate of drug-likeness (QED) is 0.758. The second kappa shape index (κ2) is 9.40. The number of pyridine rings is 1. The van der Waals surface area contributed by atoms with Gasteiger partial charge in [0.1, 0.15) is 5.82 Å². The van der Waals surface area contributed by atoms with E-state index in [9.17, 15) is 4.79 Å². The lowest BCUT2D eigenvalue weighted by molar-refractivity contribution is 0.0692. The van der Waals surface area contributed by atoms with Crippen molar-refractivity contribution < 1.29 is 9.53 Å². The Morgan fingerprint density at radius 2 is 1.70 bits per heavy atom. The third-order valence-corrected chi connectivity index (χ3v) is 5.92. The minimum absolute atomic E-state index is 0.0922. The lowest BCUT2D eigenvalue weighted by atomic mass is 10.1. The molecule has 2 aromatic rings. The van der Waals surface area contributed by atoms with E-state index in [4.69, 9.17) is 17.0 Å². The summed E-state index contributed by atoms with van der Waals surface area (Å²) in [5.74, 6) is 1.05. The first-order valence-corrected chi connectivity index (χ1v) is 10.7. The van der Waals surface area contributed by atoms with Crippen molar-refractivity contribution >= 4 is 34.7 Å². The molecule has 30 heavy (non-hydrogen) atoms. The Hall–Kier alpha value is -2.71. The molecule has 0 aliphatic carbocycles. The predicted octanol–water partition coefficient (Wildman–Crippen LogP) is 2.38. The molecule has 4 rings (SSSR count). The first-order chi connectivity index (χ1) is 14.6. The Labute approximate surface area is 182 Å². The Kier molecular flexibility index (Phi) is 6.44. The van der Waals surface area contributed by atoms with Crippen molar-refractivity contribution in [1.82, 2.24) is 14.8 Å². The highest BCUT2D eigenvalue weighted by Crippen LogP contribution is 2.17. The molecule has 2 aliphatic heterocycles. The fraction of sp³-hybridized carbons (Fsp3) is 0.409. The summed E-state index contributed by atoms with van der Waals surface area (Å²) in [5.41, 5.74) is 2.66. The number of aromatic nitrogens is 1. The third-order valence-electron chi connectivity index (χ3n) is 5.56. The summed E-state index contributed by atoms with van der Waals surface area (Å²) < 4.78 is 5.39. The third kappa shape index (κ3) is 4.71. The molecular formula is C22H27N5O2S. The molecule has 0 atom stereocenters. The van der Waals surface area contributed by atoms with Gasteiger partial charge >= 0.3 is 0 Å². The number of nitrogens with zero attached hydrogens (tertiary/aromatic N) is 4. The Morgan fingerprint density at radius 1 is 1.00 bits per heavy atom. The molecule has 2 fully saturated rings. The molecule has 0 spiro atoms. The van der Waals surface area contributed by atoms with Gasteiger partial charge in [0.25, 0.3) is 5.91 Å². The first-order valence-electron chi connectivity index (χ1n) is 10.3. The van der Waals surface area contributed by atoms with Crippen LogP contribution in [0.5, 0.6) is 0 Å². The SMILES string of the molecule is Cc1ccccc1C(=O)N1CCN(C(=S)Nc2ccc(N3CCOCC3)nc2)CC1. The standard InChI is InChI=1S/C22H27N5O2S/c1-17-4-2-3-5-19(17)21(28)26-8-10-27(11-9-26)22(30)24-18-6-7-20(23-16-18)25-12-14-29-15-13-25/h2-7,16H,8-15H2,1H3,(H,24,30). The summed E-state index contributed by atoms with van der Waals surface area (Å²) in [6.45, 7) is 7.92. The Bertz CT molecular complexity index is 891.